The molecule has 0 bridgehead atoms. The molecule has 1 heterocycles. The molecule has 0 aliphatic rings. The summed E-state index contributed by atoms with van der Waals surface area (Å²) in [6.45, 7) is 4.73. The number of nitrogens with one attached hydrogen (secondary N) is 1. The quantitative estimate of drug-likeness (QED) is 0.650. The van der Waals surface area contributed by atoms with Gasteiger partial charge in [0, 0.05) is 11.6 Å². The van der Waals surface area contributed by atoms with Gasteiger partial charge in [-0.1, -0.05) is 6.92 Å². The number of rotatable bonds is 6. The van der Waals surface area contributed by atoms with Gasteiger partial charge in [0.15, 0.2) is 11.5 Å². The lowest BCUT2D eigenvalue weighted by Crippen LogP contribution is -2.17. The van der Waals surface area contributed by atoms with Crippen molar-refractivity contribution in [2.24, 2.45) is 0 Å². The summed E-state index contributed by atoms with van der Waals surface area (Å²) < 4.78 is 10.6. The van der Waals surface area contributed by atoms with Crippen LogP contribution in [0.4, 0.5) is 5.69 Å². The number of benzene rings is 1. The minimum absolute atomic E-state index is 0.0167. The first kappa shape index (κ1) is 15.0. The third kappa shape index (κ3) is 3.19. The summed E-state index contributed by atoms with van der Waals surface area (Å²) in [6, 6.07) is 4.65. The second-order valence-electron chi connectivity index (χ2n) is 4.49. The Labute approximate surface area is 122 Å². The van der Waals surface area contributed by atoms with Gasteiger partial charge < -0.3 is 14.5 Å². The van der Waals surface area contributed by atoms with Crippen LogP contribution >= 0.6 is 0 Å². The van der Waals surface area contributed by atoms with Gasteiger partial charge in [-0.3, -0.25) is 10.1 Å². The monoisotopic (exact) mass is 291 g/mol. The van der Waals surface area contributed by atoms with Gasteiger partial charge in [0.1, 0.15) is 0 Å². The molecule has 0 aliphatic heterocycles. The van der Waals surface area contributed by atoms with E-state index in [1.165, 1.54) is 13.2 Å². The first-order chi connectivity index (χ1) is 10.1. The van der Waals surface area contributed by atoms with Crippen LogP contribution in [-0.2, 0) is 0 Å². The fourth-order valence-corrected chi connectivity index (χ4v) is 2.00. The van der Waals surface area contributed by atoms with Crippen LogP contribution in [0.2, 0.25) is 0 Å². The third-order valence-electron chi connectivity index (χ3n) is 3.06. The lowest BCUT2D eigenvalue weighted by Gasteiger charge is -2.07. The van der Waals surface area contributed by atoms with Gasteiger partial charge in [0.25, 0.3) is 0 Å². The van der Waals surface area contributed by atoms with Crippen molar-refractivity contribution >= 4 is 5.69 Å². The molecule has 0 spiro atoms. The number of nitro groups is 1. The number of nitro benzene ring substituents is 1. The highest BCUT2D eigenvalue weighted by Crippen LogP contribution is 2.32. The Hall–Kier alpha value is -2.41. The summed E-state index contributed by atoms with van der Waals surface area (Å²) in [7, 11) is 1.40. The van der Waals surface area contributed by atoms with Gasteiger partial charge in [-0.25, -0.2) is 4.98 Å². The Balaban J connectivity index is 2.34. The number of methoxy groups -OCH3 is 1. The van der Waals surface area contributed by atoms with E-state index in [2.05, 4.69) is 10.3 Å². The Morgan fingerprint density at radius 3 is 2.90 bits per heavy atom. The van der Waals surface area contributed by atoms with Crippen molar-refractivity contribution < 1.29 is 14.1 Å². The highest BCUT2D eigenvalue weighted by Gasteiger charge is 2.18. The zero-order chi connectivity index (χ0) is 15.4. The molecule has 1 N–H and O–H groups in total. The summed E-state index contributed by atoms with van der Waals surface area (Å²) in [5, 5.41) is 14.2. The van der Waals surface area contributed by atoms with Gasteiger partial charge >= 0.3 is 5.69 Å². The van der Waals surface area contributed by atoms with E-state index in [0.717, 1.165) is 6.54 Å². The molecular weight excluding hydrogens is 274 g/mol. The van der Waals surface area contributed by atoms with E-state index in [0.29, 0.717) is 17.2 Å². The van der Waals surface area contributed by atoms with Crippen LogP contribution in [0.25, 0.3) is 11.3 Å². The van der Waals surface area contributed by atoms with Gasteiger partial charge in [-0.15, -0.1) is 0 Å². The van der Waals surface area contributed by atoms with Crippen molar-refractivity contribution in [3.8, 4) is 17.1 Å². The molecule has 1 aromatic heterocycles. The molecule has 2 aromatic rings. The molecule has 0 radical (unpaired) electrons. The topological polar surface area (TPSA) is 90.4 Å². The predicted octanol–water partition coefficient (Wildman–Crippen LogP) is 2.93. The van der Waals surface area contributed by atoms with Crippen molar-refractivity contribution in [3.63, 3.8) is 0 Å². The molecule has 0 amide bonds. The molecule has 0 saturated carbocycles. The summed E-state index contributed by atoms with van der Waals surface area (Å²) in [6.07, 6.45) is 1.56. The number of ether oxygens (including phenoxy) is 1. The van der Waals surface area contributed by atoms with Crippen molar-refractivity contribution in [1.82, 2.24) is 10.3 Å². The zero-order valence-corrected chi connectivity index (χ0v) is 12.1. The Morgan fingerprint density at radius 2 is 2.29 bits per heavy atom. The van der Waals surface area contributed by atoms with E-state index >= 15 is 0 Å². The molecule has 112 valence electrons. The predicted molar refractivity (Wildman–Crippen MR) is 77.2 cm³/mol. The lowest BCUT2D eigenvalue weighted by molar-refractivity contribution is -0.385. The summed E-state index contributed by atoms with van der Waals surface area (Å²) in [5.74, 6) is 1.25. The van der Waals surface area contributed by atoms with Crippen molar-refractivity contribution in [2.75, 3.05) is 13.7 Å². The summed E-state index contributed by atoms with van der Waals surface area (Å²) >= 11 is 0. The lowest BCUT2D eigenvalue weighted by atomic mass is 10.1. The second-order valence-corrected chi connectivity index (χ2v) is 4.49. The number of hydrogen-bond donors (Lipinski definition) is 1. The molecule has 21 heavy (non-hydrogen) atoms. The average molecular weight is 291 g/mol. The standard InChI is InChI=1S/C14H17N3O4/c1-4-15-9(2)14-16-8-13(21-14)10-5-6-12(20-3)11(7-10)17(18)19/h5-9,15H,4H2,1-3H3. The number of aromatic nitrogens is 1. The Bertz CT molecular complexity index is 639. The largest absolute Gasteiger partial charge is 0.490 e. The molecule has 1 aromatic carbocycles. The van der Waals surface area contributed by atoms with E-state index in [1.54, 1.807) is 18.3 Å². The molecular formula is C14H17N3O4. The number of hydrogen-bond acceptors (Lipinski definition) is 6. The van der Waals surface area contributed by atoms with Crippen LogP contribution in [-0.4, -0.2) is 23.6 Å². The molecule has 7 nitrogen and oxygen atoms in total. The van der Waals surface area contributed by atoms with E-state index in [-0.39, 0.29) is 17.5 Å². The normalized spacial score (nSPS) is 12.1. The highest BCUT2D eigenvalue weighted by atomic mass is 16.6. The SMILES string of the molecule is CCNC(C)c1ncc(-c2ccc(OC)c([N+](=O)[O-])c2)o1. The summed E-state index contributed by atoms with van der Waals surface area (Å²) in [5.41, 5.74) is 0.484. The summed E-state index contributed by atoms with van der Waals surface area (Å²) in [4.78, 5) is 14.7. The van der Waals surface area contributed by atoms with Gasteiger partial charge in [0.2, 0.25) is 5.89 Å². The van der Waals surface area contributed by atoms with Crippen LogP contribution in [0, 0.1) is 10.1 Å². The molecule has 0 aliphatic carbocycles. The fraction of sp³-hybridized carbons (Fsp3) is 0.357. The minimum atomic E-state index is -0.485. The molecule has 2 rings (SSSR count). The minimum Gasteiger partial charge on any atom is -0.490 e. The van der Waals surface area contributed by atoms with Crippen LogP contribution in [0.3, 0.4) is 0 Å². The van der Waals surface area contributed by atoms with E-state index in [4.69, 9.17) is 9.15 Å². The van der Waals surface area contributed by atoms with Crippen molar-refractivity contribution in [2.45, 2.75) is 19.9 Å². The van der Waals surface area contributed by atoms with E-state index in [9.17, 15) is 10.1 Å². The second kappa shape index (κ2) is 6.36. The highest BCUT2D eigenvalue weighted by molar-refractivity contribution is 5.64. The average Bonchev–Trinajstić information content (AvgIpc) is 2.96. The molecule has 0 saturated heterocycles. The first-order valence-electron chi connectivity index (χ1n) is 6.58. The van der Waals surface area contributed by atoms with E-state index < -0.39 is 4.92 Å². The molecule has 1 unspecified atom stereocenters. The first-order valence-corrected chi connectivity index (χ1v) is 6.58. The third-order valence-corrected chi connectivity index (χ3v) is 3.06. The fourth-order valence-electron chi connectivity index (χ4n) is 2.00. The van der Waals surface area contributed by atoms with E-state index in [1.807, 2.05) is 13.8 Å². The smallest absolute Gasteiger partial charge is 0.311 e. The maximum absolute atomic E-state index is 11.0. The van der Waals surface area contributed by atoms with Crippen molar-refractivity contribution in [1.29, 1.82) is 0 Å². The molecule has 7 heteroatoms. The van der Waals surface area contributed by atoms with Crippen molar-refractivity contribution in [3.05, 3.63) is 40.4 Å². The zero-order valence-electron chi connectivity index (χ0n) is 12.1. The maximum Gasteiger partial charge on any atom is 0.311 e. The Kier molecular flexibility index (Phi) is 4.54. The van der Waals surface area contributed by atoms with Gasteiger partial charge in [-0.05, 0) is 25.6 Å². The maximum atomic E-state index is 11.0. The Morgan fingerprint density at radius 1 is 1.52 bits per heavy atom. The van der Waals surface area contributed by atoms with Crippen LogP contribution in [0.1, 0.15) is 25.8 Å². The molecule has 0 fully saturated rings. The number of nitrogens with zero attached hydrogens (tertiary/aromatic N) is 2. The van der Waals surface area contributed by atoms with Crippen LogP contribution in [0.15, 0.2) is 28.8 Å². The van der Waals surface area contributed by atoms with Gasteiger partial charge in [-0.2, -0.15) is 0 Å². The van der Waals surface area contributed by atoms with Gasteiger partial charge in [0.05, 0.1) is 24.3 Å². The van der Waals surface area contributed by atoms with Crippen LogP contribution in [0.5, 0.6) is 5.75 Å². The van der Waals surface area contributed by atoms with Crippen LogP contribution < -0.4 is 10.1 Å². The molecule has 1 atom stereocenters. The number of oxazole rings is 1.